The Morgan fingerprint density at radius 2 is 2.04 bits per heavy atom. The minimum atomic E-state index is -0.473. The summed E-state index contributed by atoms with van der Waals surface area (Å²) < 4.78 is 4.65. The highest BCUT2D eigenvalue weighted by Gasteiger charge is 2.34. The fraction of sp³-hybridized carbons (Fsp3) is 0.762. The van der Waals surface area contributed by atoms with Crippen LogP contribution in [0.5, 0.6) is 0 Å². The van der Waals surface area contributed by atoms with Gasteiger partial charge in [-0.25, -0.2) is 0 Å². The normalized spacial score (nSPS) is 20.5. The molecule has 0 aromatic carbocycles. The van der Waals surface area contributed by atoms with Gasteiger partial charge < -0.3 is 9.84 Å². The van der Waals surface area contributed by atoms with Crippen molar-refractivity contribution in [3.8, 4) is 11.8 Å². The second kappa shape index (κ2) is 13.1. The number of carbonyl (C=O) groups is 1. The van der Waals surface area contributed by atoms with Crippen LogP contribution in [0.2, 0.25) is 0 Å². The number of rotatable bonds is 12. The molecule has 0 aliphatic heterocycles. The Balaban J connectivity index is 1.98. The van der Waals surface area contributed by atoms with E-state index in [0.717, 1.165) is 43.9 Å². The van der Waals surface area contributed by atoms with Crippen molar-refractivity contribution in [1.82, 2.24) is 0 Å². The summed E-state index contributed by atoms with van der Waals surface area (Å²) in [6, 6.07) is 0. The van der Waals surface area contributed by atoms with Crippen LogP contribution in [0.1, 0.15) is 77.6 Å². The highest BCUT2D eigenvalue weighted by atomic mass is 16.5. The van der Waals surface area contributed by atoms with Gasteiger partial charge in [0.1, 0.15) is 6.10 Å². The van der Waals surface area contributed by atoms with E-state index in [1.807, 2.05) is 6.08 Å². The molecule has 0 spiro atoms. The highest BCUT2D eigenvalue weighted by Crippen LogP contribution is 2.45. The van der Waals surface area contributed by atoms with Crippen LogP contribution in [-0.2, 0) is 9.53 Å². The number of aliphatic hydroxyl groups is 1. The Bertz CT molecular complexity index is 430. The van der Waals surface area contributed by atoms with Crippen LogP contribution >= 0.6 is 0 Å². The van der Waals surface area contributed by atoms with Gasteiger partial charge in [0.2, 0.25) is 0 Å². The molecule has 136 valence electrons. The molecule has 0 unspecified atom stereocenters. The molecule has 1 N–H and O–H groups in total. The number of carbonyl (C=O) groups excluding carboxylic acids is 1. The van der Waals surface area contributed by atoms with Gasteiger partial charge in [-0.1, -0.05) is 50.5 Å². The Hall–Kier alpha value is -1.27. The molecule has 0 amide bonds. The summed E-state index contributed by atoms with van der Waals surface area (Å²) in [6.07, 6.45) is 15.2. The van der Waals surface area contributed by atoms with Crippen LogP contribution in [0, 0.1) is 23.7 Å². The summed E-state index contributed by atoms with van der Waals surface area (Å²) >= 11 is 0. The Morgan fingerprint density at radius 1 is 1.25 bits per heavy atom. The average Bonchev–Trinajstić information content (AvgIpc) is 3.33. The lowest BCUT2D eigenvalue weighted by Crippen LogP contribution is -2.01. The number of hydrogen-bond acceptors (Lipinski definition) is 3. The smallest absolute Gasteiger partial charge is 0.305 e. The minimum Gasteiger partial charge on any atom is -0.469 e. The number of allylic oxidation sites excluding steroid dienone is 2. The molecule has 1 aliphatic rings. The van der Waals surface area contributed by atoms with E-state index in [1.54, 1.807) is 0 Å². The number of aliphatic hydroxyl groups excluding tert-OH is 1. The number of unbranched alkanes of at least 4 members (excludes halogenated alkanes) is 3. The van der Waals surface area contributed by atoms with E-state index in [2.05, 4.69) is 29.6 Å². The SMILES string of the molecule is CCCCC[C@H](O)C#C/C=C\CC[C@H]1C[C@H]1CCCCC(=O)OC. The second-order valence-corrected chi connectivity index (χ2v) is 6.86. The Morgan fingerprint density at radius 3 is 2.79 bits per heavy atom. The molecule has 1 rings (SSSR count). The molecule has 24 heavy (non-hydrogen) atoms. The topological polar surface area (TPSA) is 46.5 Å². The molecule has 0 aromatic heterocycles. The molecule has 1 fully saturated rings. The summed E-state index contributed by atoms with van der Waals surface area (Å²) in [4.78, 5) is 11.0. The molecular formula is C21H34O3. The van der Waals surface area contributed by atoms with Gasteiger partial charge in [0, 0.05) is 6.42 Å². The third kappa shape index (κ3) is 10.5. The Kier molecular flexibility index (Phi) is 11.3. The first-order valence-electron chi connectivity index (χ1n) is 9.58. The summed E-state index contributed by atoms with van der Waals surface area (Å²) in [5, 5.41) is 9.68. The van der Waals surface area contributed by atoms with Crippen LogP contribution in [0.25, 0.3) is 0 Å². The van der Waals surface area contributed by atoms with E-state index < -0.39 is 6.10 Å². The molecule has 1 aliphatic carbocycles. The first kappa shape index (κ1) is 20.8. The molecule has 3 nitrogen and oxygen atoms in total. The lowest BCUT2D eigenvalue weighted by atomic mass is 10.1. The zero-order valence-corrected chi connectivity index (χ0v) is 15.4. The fourth-order valence-corrected chi connectivity index (χ4v) is 3.05. The van der Waals surface area contributed by atoms with Gasteiger partial charge in [0.25, 0.3) is 0 Å². The van der Waals surface area contributed by atoms with Gasteiger partial charge in [-0.15, -0.1) is 0 Å². The fourth-order valence-electron chi connectivity index (χ4n) is 3.05. The molecule has 0 radical (unpaired) electrons. The van der Waals surface area contributed by atoms with Crippen LogP contribution in [0.15, 0.2) is 12.2 Å². The van der Waals surface area contributed by atoms with Crippen molar-refractivity contribution in [2.75, 3.05) is 7.11 Å². The second-order valence-electron chi connectivity index (χ2n) is 6.86. The van der Waals surface area contributed by atoms with E-state index in [4.69, 9.17) is 0 Å². The largest absolute Gasteiger partial charge is 0.469 e. The number of methoxy groups -OCH3 is 1. The molecule has 3 heteroatoms. The van der Waals surface area contributed by atoms with Crippen molar-refractivity contribution in [3.63, 3.8) is 0 Å². The monoisotopic (exact) mass is 334 g/mol. The van der Waals surface area contributed by atoms with E-state index >= 15 is 0 Å². The van der Waals surface area contributed by atoms with Crippen molar-refractivity contribution >= 4 is 5.97 Å². The maximum Gasteiger partial charge on any atom is 0.305 e. The zero-order chi connectivity index (χ0) is 17.6. The van der Waals surface area contributed by atoms with Crippen molar-refractivity contribution in [1.29, 1.82) is 0 Å². The number of hydrogen-bond donors (Lipinski definition) is 1. The summed E-state index contributed by atoms with van der Waals surface area (Å²) in [5.41, 5.74) is 0. The van der Waals surface area contributed by atoms with Crippen LogP contribution < -0.4 is 0 Å². The van der Waals surface area contributed by atoms with Crippen molar-refractivity contribution in [3.05, 3.63) is 12.2 Å². The van der Waals surface area contributed by atoms with Gasteiger partial charge in [-0.2, -0.15) is 0 Å². The van der Waals surface area contributed by atoms with Crippen LogP contribution in [-0.4, -0.2) is 24.3 Å². The van der Waals surface area contributed by atoms with E-state index in [1.165, 1.54) is 39.2 Å². The third-order valence-electron chi connectivity index (χ3n) is 4.74. The predicted molar refractivity (Wildman–Crippen MR) is 98.4 cm³/mol. The molecule has 0 bridgehead atoms. The quantitative estimate of drug-likeness (QED) is 0.321. The van der Waals surface area contributed by atoms with Crippen molar-refractivity contribution in [2.24, 2.45) is 11.8 Å². The molecule has 0 saturated heterocycles. The first-order chi connectivity index (χ1) is 11.7. The maximum atomic E-state index is 11.0. The minimum absolute atomic E-state index is 0.0934. The molecule has 3 atom stereocenters. The summed E-state index contributed by atoms with van der Waals surface area (Å²) in [7, 11) is 1.45. The van der Waals surface area contributed by atoms with Gasteiger partial charge >= 0.3 is 5.97 Å². The van der Waals surface area contributed by atoms with Gasteiger partial charge in [0.05, 0.1) is 7.11 Å². The van der Waals surface area contributed by atoms with Crippen molar-refractivity contribution < 1.29 is 14.6 Å². The van der Waals surface area contributed by atoms with Gasteiger partial charge in [-0.3, -0.25) is 4.79 Å². The lowest BCUT2D eigenvalue weighted by Gasteiger charge is -2.00. The number of ether oxygens (including phenoxy) is 1. The zero-order valence-electron chi connectivity index (χ0n) is 15.4. The Labute approximate surface area is 147 Å². The van der Waals surface area contributed by atoms with E-state index in [9.17, 15) is 9.90 Å². The average molecular weight is 335 g/mol. The molecule has 0 aromatic rings. The van der Waals surface area contributed by atoms with E-state index in [0.29, 0.717) is 6.42 Å². The lowest BCUT2D eigenvalue weighted by molar-refractivity contribution is -0.140. The maximum absolute atomic E-state index is 11.0. The number of esters is 1. The highest BCUT2D eigenvalue weighted by molar-refractivity contribution is 5.68. The molecule has 0 heterocycles. The van der Waals surface area contributed by atoms with Gasteiger partial charge in [-0.05, 0) is 56.4 Å². The third-order valence-corrected chi connectivity index (χ3v) is 4.74. The summed E-state index contributed by atoms with van der Waals surface area (Å²) in [6.45, 7) is 2.16. The summed E-state index contributed by atoms with van der Waals surface area (Å²) in [5.74, 6) is 7.47. The molecular weight excluding hydrogens is 300 g/mol. The first-order valence-corrected chi connectivity index (χ1v) is 9.58. The van der Waals surface area contributed by atoms with Crippen LogP contribution in [0.3, 0.4) is 0 Å². The predicted octanol–water partition coefficient (Wildman–Crippen LogP) is 4.64. The van der Waals surface area contributed by atoms with Gasteiger partial charge in [0.15, 0.2) is 0 Å². The standard InChI is InChI=1S/C21H34O3/c1-3-4-7-14-20(22)15-9-6-5-8-12-18-17-19(18)13-10-11-16-21(23)24-2/h5-6,18-20,22H,3-4,7-8,10-14,16-17H2,1-2H3/b6-5-/t18-,19+,20-/m0/s1. The molecule has 1 saturated carbocycles. The van der Waals surface area contributed by atoms with Crippen LogP contribution in [0.4, 0.5) is 0 Å². The van der Waals surface area contributed by atoms with E-state index in [-0.39, 0.29) is 5.97 Å². The van der Waals surface area contributed by atoms with Crippen molar-refractivity contribution in [2.45, 2.75) is 83.7 Å².